The molecule has 0 aliphatic rings. The van der Waals surface area contributed by atoms with Crippen molar-refractivity contribution in [1.29, 1.82) is 0 Å². The van der Waals surface area contributed by atoms with Crippen molar-refractivity contribution in [2.24, 2.45) is 5.10 Å². The van der Waals surface area contributed by atoms with Gasteiger partial charge in [0.05, 0.1) is 23.9 Å². The number of hydrogen-bond donors (Lipinski definition) is 2. The first kappa shape index (κ1) is 25.8. The Hall–Kier alpha value is -3.47. The molecule has 2 aromatic rings. The lowest BCUT2D eigenvalue weighted by molar-refractivity contribution is -0.145. The fraction of sp³-hybridized carbons (Fsp3) is 0.273. The Morgan fingerprint density at radius 2 is 1.79 bits per heavy atom. The third-order valence-corrected chi connectivity index (χ3v) is 4.41. The summed E-state index contributed by atoms with van der Waals surface area (Å²) >= 11 is 3.36. The van der Waals surface area contributed by atoms with Crippen LogP contribution in [-0.2, 0) is 19.1 Å². The molecule has 2 amide bonds. The SMILES string of the molecule is CCOC(=O)COc1c(Br)cc(C=NNC(=O)CC(=O)Nc2ccc(F)cc2)cc1OCC. The molecule has 2 rings (SSSR count). The zero-order valence-corrected chi connectivity index (χ0v) is 19.6. The van der Waals surface area contributed by atoms with Crippen molar-refractivity contribution in [1.82, 2.24) is 5.43 Å². The van der Waals surface area contributed by atoms with E-state index in [-0.39, 0.29) is 13.2 Å². The van der Waals surface area contributed by atoms with Crippen LogP contribution in [0.25, 0.3) is 0 Å². The van der Waals surface area contributed by atoms with Gasteiger partial charge in [-0.1, -0.05) is 0 Å². The van der Waals surface area contributed by atoms with Gasteiger partial charge in [0.2, 0.25) is 11.8 Å². The van der Waals surface area contributed by atoms with E-state index in [1.54, 1.807) is 26.0 Å². The molecular weight excluding hydrogens is 501 g/mol. The summed E-state index contributed by atoms with van der Waals surface area (Å²) in [5.74, 6) is -1.46. The fourth-order valence-corrected chi connectivity index (χ4v) is 3.08. The van der Waals surface area contributed by atoms with E-state index in [1.165, 1.54) is 30.5 Å². The fourth-order valence-electron chi connectivity index (χ4n) is 2.50. The van der Waals surface area contributed by atoms with Crippen molar-refractivity contribution in [2.45, 2.75) is 20.3 Å². The molecular formula is C22H23BrFN3O6. The number of hydrazone groups is 1. The average Bonchev–Trinajstić information content (AvgIpc) is 2.75. The topological polar surface area (TPSA) is 115 Å². The molecule has 0 fully saturated rings. The predicted octanol–water partition coefficient (Wildman–Crippen LogP) is 3.41. The minimum absolute atomic E-state index is 0.247. The number of ether oxygens (including phenoxy) is 3. The van der Waals surface area contributed by atoms with Gasteiger partial charge in [-0.05, 0) is 71.7 Å². The Morgan fingerprint density at radius 1 is 1.06 bits per heavy atom. The number of carbonyl (C=O) groups is 3. The van der Waals surface area contributed by atoms with Crippen LogP contribution < -0.4 is 20.2 Å². The number of halogens is 2. The predicted molar refractivity (Wildman–Crippen MR) is 123 cm³/mol. The highest BCUT2D eigenvalue weighted by Gasteiger charge is 2.14. The lowest BCUT2D eigenvalue weighted by atomic mass is 10.2. The van der Waals surface area contributed by atoms with Gasteiger partial charge < -0.3 is 19.5 Å². The summed E-state index contributed by atoms with van der Waals surface area (Å²) in [7, 11) is 0. The molecule has 176 valence electrons. The van der Waals surface area contributed by atoms with E-state index < -0.39 is 30.0 Å². The molecule has 0 radical (unpaired) electrons. The summed E-state index contributed by atoms with van der Waals surface area (Å²) in [5.41, 5.74) is 3.19. The minimum atomic E-state index is -0.635. The summed E-state index contributed by atoms with van der Waals surface area (Å²) in [6.45, 7) is 3.81. The van der Waals surface area contributed by atoms with E-state index in [0.29, 0.717) is 33.8 Å². The molecule has 0 aliphatic carbocycles. The largest absolute Gasteiger partial charge is 0.490 e. The van der Waals surface area contributed by atoms with Gasteiger partial charge in [-0.15, -0.1) is 0 Å². The van der Waals surface area contributed by atoms with Crippen LogP contribution in [0.4, 0.5) is 10.1 Å². The monoisotopic (exact) mass is 523 g/mol. The van der Waals surface area contributed by atoms with Gasteiger partial charge in [0, 0.05) is 5.69 Å². The molecule has 0 saturated carbocycles. The normalized spacial score (nSPS) is 10.5. The van der Waals surface area contributed by atoms with Crippen LogP contribution >= 0.6 is 15.9 Å². The quantitative estimate of drug-likeness (QED) is 0.202. The summed E-state index contributed by atoms with van der Waals surface area (Å²) in [5, 5.41) is 6.32. The number of benzene rings is 2. The number of carbonyl (C=O) groups excluding carboxylic acids is 3. The Balaban J connectivity index is 1.95. The lowest BCUT2D eigenvalue weighted by Crippen LogP contribution is -2.24. The van der Waals surface area contributed by atoms with Crippen LogP contribution in [0.3, 0.4) is 0 Å². The van der Waals surface area contributed by atoms with Gasteiger partial charge in [0.15, 0.2) is 18.1 Å². The highest BCUT2D eigenvalue weighted by molar-refractivity contribution is 9.10. The van der Waals surface area contributed by atoms with Gasteiger partial charge in [-0.25, -0.2) is 14.6 Å². The van der Waals surface area contributed by atoms with E-state index in [0.717, 1.165) is 0 Å². The van der Waals surface area contributed by atoms with Crippen LogP contribution in [0, 0.1) is 5.82 Å². The van der Waals surface area contributed by atoms with Crippen molar-refractivity contribution in [3.63, 3.8) is 0 Å². The molecule has 2 N–H and O–H groups in total. The van der Waals surface area contributed by atoms with Crippen molar-refractivity contribution in [2.75, 3.05) is 25.1 Å². The summed E-state index contributed by atoms with van der Waals surface area (Å²) in [6.07, 6.45) is 0.890. The van der Waals surface area contributed by atoms with Crippen LogP contribution in [-0.4, -0.2) is 43.8 Å². The lowest BCUT2D eigenvalue weighted by Gasteiger charge is -2.14. The second-order valence-electron chi connectivity index (χ2n) is 6.38. The first-order chi connectivity index (χ1) is 15.8. The zero-order valence-electron chi connectivity index (χ0n) is 18.0. The molecule has 0 aliphatic heterocycles. The number of hydrogen-bond acceptors (Lipinski definition) is 7. The van der Waals surface area contributed by atoms with Crippen LogP contribution in [0.5, 0.6) is 11.5 Å². The van der Waals surface area contributed by atoms with Crippen LogP contribution in [0.2, 0.25) is 0 Å². The molecule has 0 unspecified atom stereocenters. The molecule has 11 heteroatoms. The van der Waals surface area contributed by atoms with E-state index in [1.807, 2.05) is 0 Å². The zero-order chi connectivity index (χ0) is 24.2. The van der Waals surface area contributed by atoms with Crippen LogP contribution in [0.15, 0.2) is 46.0 Å². The number of rotatable bonds is 11. The minimum Gasteiger partial charge on any atom is -0.490 e. The summed E-state index contributed by atoms with van der Waals surface area (Å²) in [4.78, 5) is 35.4. The van der Waals surface area contributed by atoms with Crippen LogP contribution in [0.1, 0.15) is 25.8 Å². The summed E-state index contributed by atoms with van der Waals surface area (Å²) < 4.78 is 29.3. The van der Waals surface area contributed by atoms with E-state index in [9.17, 15) is 18.8 Å². The Bertz CT molecular complexity index is 1010. The number of anilines is 1. The van der Waals surface area contributed by atoms with Gasteiger partial charge in [0.25, 0.3) is 0 Å². The first-order valence-electron chi connectivity index (χ1n) is 9.94. The maximum absolute atomic E-state index is 12.9. The third-order valence-electron chi connectivity index (χ3n) is 3.82. The highest BCUT2D eigenvalue weighted by atomic mass is 79.9. The molecule has 0 heterocycles. The van der Waals surface area contributed by atoms with Crippen molar-refractivity contribution < 1.29 is 33.0 Å². The molecule has 0 spiro atoms. The molecule has 33 heavy (non-hydrogen) atoms. The Kier molecular flexibility index (Phi) is 10.3. The van der Waals surface area contributed by atoms with Crippen molar-refractivity contribution in [3.8, 4) is 11.5 Å². The Morgan fingerprint density at radius 3 is 2.45 bits per heavy atom. The van der Waals surface area contributed by atoms with Gasteiger partial charge >= 0.3 is 5.97 Å². The Labute approximate surface area is 198 Å². The van der Waals surface area contributed by atoms with E-state index >= 15 is 0 Å². The van der Waals surface area contributed by atoms with Crippen molar-refractivity contribution in [3.05, 3.63) is 52.3 Å². The molecule has 9 nitrogen and oxygen atoms in total. The number of amides is 2. The smallest absolute Gasteiger partial charge is 0.344 e. The standard InChI is InChI=1S/C22H23BrFN3O6/c1-3-31-18-10-14(9-17(23)22(18)33-13-21(30)32-4-2)12-25-27-20(29)11-19(28)26-16-7-5-15(24)6-8-16/h5-10,12H,3-4,11,13H2,1-2H3,(H,26,28)(H,27,29). The highest BCUT2D eigenvalue weighted by Crippen LogP contribution is 2.36. The molecule has 2 aromatic carbocycles. The van der Waals surface area contributed by atoms with Gasteiger partial charge in [-0.3, -0.25) is 9.59 Å². The molecule has 0 bridgehead atoms. The maximum atomic E-state index is 12.9. The van der Waals surface area contributed by atoms with E-state index in [4.69, 9.17) is 14.2 Å². The molecule has 0 saturated heterocycles. The van der Waals surface area contributed by atoms with Gasteiger partial charge in [-0.2, -0.15) is 5.10 Å². The molecule has 0 aromatic heterocycles. The number of nitrogens with zero attached hydrogens (tertiary/aromatic N) is 1. The number of esters is 1. The second kappa shape index (κ2) is 13.2. The summed E-state index contributed by atoms with van der Waals surface area (Å²) in [6, 6.07) is 8.43. The number of nitrogens with one attached hydrogen (secondary N) is 2. The first-order valence-corrected chi connectivity index (χ1v) is 10.7. The van der Waals surface area contributed by atoms with E-state index in [2.05, 4.69) is 31.8 Å². The third kappa shape index (κ3) is 8.89. The van der Waals surface area contributed by atoms with Gasteiger partial charge in [0.1, 0.15) is 12.2 Å². The molecule has 0 atom stereocenters. The average molecular weight is 524 g/mol. The van der Waals surface area contributed by atoms with Crippen molar-refractivity contribution >= 4 is 45.6 Å². The maximum Gasteiger partial charge on any atom is 0.344 e. The second-order valence-corrected chi connectivity index (χ2v) is 7.24.